The summed E-state index contributed by atoms with van der Waals surface area (Å²) in [5.74, 6) is -0.130. The first-order valence-corrected chi connectivity index (χ1v) is 7.67. The highest BCUT2D eigenvalue weighted by Gasteiger charge is 2.42. The van der Waals surface area contributed by atoms with Crippen LogP contribution < -0.4 is 5.32 Å². The second kappa shape index (κ2) is 6.68. The lowest BCUT2D eigenvalue weighted by atomic mass is 9.86. The summed E-state index contributed by atoms with van der Waals surface area (Å²) in [5.41, 5.74) is 1.52. The third kappa shape index (κ3) is 3.04. The summed E-state index contributed by atoms with van der Waals surface area (Å²) in [6.07, 6.45) is 5.52. The lowest BCUT2D eigenvalue weighted by Gasteiger charge is -2.37. The molecule has 1 aliphatic rings. The Kier molecular flexibility index (Phi) is 5.17. The second-order valence-electron chi connectivity index (χ2n) is 5.87. The molecule has 0 aromatic heterocycles. The van der Waals surface area contributed by atoms with Crippen LogP contribution in [0.25, 0.3) is 0 Å². The second-order valence-corrected chi connectivity index (χ2v) is 5.87. The quantitative estimate of drug-likeness (QED) is 0.845. The van der Waals surface area contributed by atoms with E-state index < -0.39 is 0 Å². The van der Waals surface area contributed by atoms with Gasteiger partial charge in [-0.3, -0.25) is 0 Å². The number of aryl methyl sites for hydroxylation is 1. The van der Waals surface area contributed by atoms with E-state index in [0.717, 1.165) is 31.4 Å². The number of nitrogens with one attached hydrogen (secondary N) is 1. The standard InChI is InChI=1S/C17H26FNO/c1-4-11-19-16(17(20-3)9-5-6-10-17)14-8-7-13(2)15(18)12-14/h7-8,12,16,19H,4-6,9-11H2,1-3H3. The molecule has 1 unspecified atom stereocenters. The molecule has 0 bridgehead atoms. The zero-order valence-electron chi connectivity index (χ0n) is 12.8. The molecule has 1 saturated carbocycles. The minimum Gasteiger partial charge on any atom is -0.376 e. The molecule has 112 valence electrons. The van der Waals surface area contributed by atoms with Crippen molar-refractivity contribution < 1.29 is 9.13 Å². The molecule has 2 nitrogen and oxygen atoms in total. The molecular weight excluding hydrogens is 253 g/mol. The normalized spacial score (nSPS) is 19.2. The van der Waals surface area contributed by atoms with Crippen molar-refractivity contribution in [1.82, 2.24) is 5.32 Å². The zero-order chi connectivity index (χ0) is 14.6. The zero-order valence-corrected chi connectivity index (χ0v) is 12.8. The SMILES string of the molecule is CCCNC(c1ccc(C)c(F)c1)C1(OC)CCCC1. The van der Waals surface area contributed by atoms with Gasteiger partial charge >= 0.3 is 0 Å². The molecule has 3 heteroatoms. The predicted molar refractivity (Wildman–Crippen MR) is 80.4 cm³/mol. The van der Waals surface area contributed by atoms with Crippen molar-refractivity contribution in [2.75, 3.05) is 13.7 Å². The fraction of sp³-hybridized carbons (Fsp3) is 0.647. The molecule has 1 aromatic rings. The summed E-state index contributed by atoms with van der Waals surface area (Å²) >= 11 is 0. The number of rotatable bonds is 6. The van der Waals surface area contributed by atoms with Crippen molar-refractivity contribution in [3.8, 4) is 0 Å². The molecule has 2 rings (SSSR count). The molecule has 1 atom stereocenters. The summed E-state index contributed by atoms with van der Waals surface area (Å²) in [6.45, 7) is 4.87. The van der Waals surface area contributed by atoms with E-state index in [2.05, 4.69) is 12.2 Å². The maximum absolute atomic E-state index is 13.9. The molecule has 0 amide bonds. The molecule has 0 saturated heterocycles. The molecule has 0 aliphatic heterocycles. The van der Waals surface area contributed by atoms with Crippen molar-refractivity contribution in [2.24, 2.45) is 0 Å². The molecule has 1 N–H and O–H groups in total. The molecular formula is C17H26FNO. The third-order valence-corrected chi connectivity index (χ3v) is 4.51. The van der Waals surface area contributed by atoms with E-state index in [4.69, 9.17) is 4.74 Å². The van der Waals surface area contributed by atoms with Crippen molar-refractivity contribution in [2.45, 2.75) is 57.6 Å². The number of ether oxygens (including phenoxy) is 1. The Morgan fingerprint density at radius 1 is 1.35 bits per heavy atom. The van der Waals surface area contributed by atoms with Gasteiger partial charge in [-0.2, -0.15) is 0 Å². The summed E-state index contributed by atoms with van der Waals surface area (Å²) < 4.78 is 19.8. The molecule has 0 radical (unpaired) electrons. The van der Waals surface area contributed by atoms with Crippen LogP contribution in [0.2, 0.25) is 0 Å². The van der Waals surface area contributed by atoms with Crippen molar-refractivity contribution in [3.63, 3.8) is 0 Å². The van der Waals surface area contributed by atoms with Crippen LogP contribution in [-0.2, 0) is 4.74 Å². The van der Waals surface area contributed by atoms with Gasteiger partial charge in [-0.25, -0.2) is 4.39 Å². The molecule has 1 aromatic carbocycles. The van der Waals surface area contributed by atoms with Gasteiger partial charge in [0.25, 0.3) is 0 Å². The van der Waals surface area contributed by atoms with Gasteiger partial charge < -0.3 is 10.1 Å². The van der Waals surface area contributed by atoms with Crippen LogP contribution in [-0.4, -0.2) is 19.3 Å². The summed E-state index contributed by atoms with van der Waals surface area (Å²) in [6, 6.07) is 5.64. The first-order valence-electron chi connectivity index (χ1n) is 7.67. The number of benzene rings is 1. The van der Waals surface area contributed by atoms with Crippen LogP contribution in [0.1, 0.15) is 56.2 Å². The Bertz CT molecular complexity index is 441. The third-order valence-electron chi connectivity index (χ3n) is 4.51. The van der Waals surface area contributed by atoms with E-state index in [0.29, 0.717) is 5.56 Å². The van der Waals surface area contributed by atoms with E-state index in [1.165, 1.54) is 12.8 Å². The molecule has 1 aliphatic carbocycles. The lowest BCUT2D eigenvalue weighted by molar-refractivity contribution is -0.0368. The largest absolute Gasteiger partial charge is 0.376 e. The molecule has 0 spiro atoms. The van der Waals surface area contributed by atoms with Gasteiger partial charge in [0.1, 0.15) is 5.82 Å². The van der Waals surface area contributed by atoms with Crippen LogP contribution in [0.15, 0.2) is 18.2 Å². The van der Waals surface area contributed by atoms with Crippen LogP contribution in [0.3, 0.4) is 0 Å². The van der Waals surface area contributed by atoms with Gasteiger partial charge in [0, 0.05) is 7.11 Å². The van der Waals surface area contributed by atoms with Crippen LogP contribution in [0.5, 0.6) is 0 Å². The first-order chi connectivity index (χ1) is 9.63. The van der Waals surface area contributed by atoms with E-state index in [-0.39, 0.29) is 17.5 Å². The van der Waals surface area contributed by atoms with Crippen LogP contribution in [0.4, 0.5) is 4.39 Å². The topological polar surface area (TPSA) is 21.3 Å². The Labute approximate surface area is 121 Å². The minimum atomic E-state index is -0.184. The highest BCUT2D eigenvalue weighted by Crippen LogP contribution is 2.42. The first kappa shape index (κ1) is 15.5. The molecule has 20 heavy (non-hydrogen) atoms. The summed E-state index contributed by atoms with van der Waals surface area (Å²) in [5, 5.41) is 3.57. The fourth-order valence-corrected chi connectivity index (χ4v) is 3.27. The van der Waals surface area contributed by atoms with Gasteiger partial charge in [0.15, 0.2) is 0 Å². The van der Waals surface area contributed by atoms with E-state index in [1.54, 1.807) is 20.1 Å². The minimum absolute atomic E-state index is 0.0741. The average Bonchev–Trinajstić information content (AvgIpc) is 2.93. The van der Waals surface area contributed by atoms with Crippen molar-refractivity contribution in [1.29, 1.82) is 0 Å². The molecule has 1 fully saturated rings. The molecule has 0 heterocycles. The predicted octanol–water partition coefficient (Wildman–Crippen LogP) is 4.13. The number of hydrogen-bond acceptors (Lipinski definition) is 2. The number of methoxy groups -OCH3 is 1. The van der Waals surface area contributed by atoms with Crippen molar-refractivity contribution >= 4 is 0 Å². The Morgan fingerprint density at radius 3 is 2.60 bits per heavy atom. The van der Waals surface area contributed by atoms with Crippen molar-refractivity contribution in [3.05, 3.63) is 35.1 Å². The van der Waals surface area contributed by atoms with Gasteiger partial charge in [0.2, 0.25) is 0 Å². The summed E-state index contributed by atoms with van der Waals surface area (Å²) in [7, 11) is 1.79. The number of halogens is 1. The van der Waals surface area contributed by atoms with Gasteiger partial charge in [-0.05, 0) is 49.9 Å². The maximum Gasteiger partial charge on any atom is 0.126 e. The van der Waals surface area contributed by atoms with E-state index >= 15 is 0 Å². The van der Waals surface area contributed by atoms with Gasteiger partial charge in [-0.15, -0.1) is 0 Å². The van der Waals surface area contributed by atoms with Crippen LogP contribution >= 0.6 is 0 Å². The Morgan fingerprint density at radius 2 is 2.05 bits per heavy atom. The van der Waals surface area contributed by atoms with E-state index in [1.807, 2.05) is 12.1 Å². The smallest absolute Gasteiger partial charge is 0.126 e. The van der Waals surface area contributed by atoms with Crippen LogP contribution in [0, 0.1) is 12.7 Å². The Hall–Kier alpha value is -0.930. The number of hydrogen-bond donors (Lipinski definition) is 1. The maximum atomic E-state index is 13.9. The highest BCUT2D eigenvalue weighted by atomic mass is 19.1. The lowest BCUT2D eigenvalue weighted by Crippen LogP contribution is -2.44. The van der Waals surface area contributed by atoms with Gasteiger partial charge in [-0.1, -0.05) is 31.9 Å². The fourth-order valence-electron chi connectivity index (χ4n) is 3.27. The van der Waals surface area contributed by atoms with Gasteiger partial charge in [0.05, 0.1) is 11.6 Å². The summed E-state index contributed by atoms with van der Waals surface area (Å²) in [4.78, 5) is 0. The average molecular weight is 279 g/mol. The monoisotopic (exact) mass is 279 g/mol. The van der Waals surface area contributed by atoms with E-state index in [9.17, 15) is 4.39 Å². The highest BCUT2D eigenvalue weighted by molar-refractivity contribution is 5.28. The Balaban J connectivity index is 2.32.